The molecule has 0 radical (unpaired) electrons. The van der Waals surface area contributed by atoms with Crippen LogP contribution in [0.5, 0.6) is 0 Å². The fourth-order valence-electron chi connectivity index (χ4n) is 4.78. The van der Waals surface area contributed by atoms with Gasteiger partial charge >= 0.3 is 11.9 Å². The molecule has 0 fully saturated rings. The van der Waals surface area contributed by atoms with Crippen LogP contribution in [0.2, 0.25) is 0 Å². The van der Waals surface area contributed by atoms with E-state index < -0.39 is 35.0 Å². The smallest absolute Gasteiger partial charge is 0.324 e. The van der Waals surface area contributed by atoms with Crippen LogP contribution in [-0.4, -0.2) is 30.7 Å². The van der Waals surface area contributed by atoms with Crippen molar-refractivity contribution in [3.8, 4) is 11.1 Å². The minimum absolute atomic E-state index is 0.480. The van der Waals surface area contributed by atoms with Crippen molar-refractivity contribution in [1.29, 1.82) is 0 Å². The highest BCUT2D eigenvalue weighted by Crippen LogP contribution is 2.51. The van der Waals surface area contributed by atoms with Crippen molar-refractivity contribution in [3.63, 3.8) is 0 Å². The fourth-order valence-corrected chi connectivity index (χ4v) is 4.78. The standard InChI is InChI=1S/C29H31NO4/c1-19(26(31)33-5)25(27(32)34-28(2,3)4)30-29(20-13-7-6-8-14-20)23-17-11-9-15-21(23)22-16-10-12-18-24(22)29/h6-19,25,30H,1-5H3/t19-,25+/m1/s1. The van der Waals surface area contributed by atoms with Crippen LogP contribution in [-0.2, 0) is 24.6 Å². The van der Waals surface area contributed by atoms with Crippen LogP contribution < -0.4 is 5.32 Å². The van der Waals surface area contributed by atoms with Crippen molar-refractivity contribution >= 4 is 11.9 Å². The number of methoxy groups -OCH3 is 1. The Kier molecular flexibility index (Phi) is 6.32. The van der Waals surface area contributed by atoms with Crippen molar-refractivity contribution in [2.24, 2.45) is 5.92 Å². The lowest BCUT2D eigenvalue weighted by molar-refractivity contribution is -0.164. The number of hydrogen-bond donors (Lipinski definition) is 1. The molecule has 3 aromatic carbocycles. The quantitative estimate of drug-likeness (QED) is 0.524. The first-order valence-corrected chi connectivity index (χ1v) is 11.5. The van der Waals surface area contributed by atoms with Gasteiger partial charge in [-0.15, -0.1) is 0 Å². The number of carbonyl (C=O) groups is 2. The van der Waals surface area contributed by atoms with Crippen molar-refractivity contribution in [1.82, 2.24) is 5.32 Å². The molecule has 34 heavy (non-hydrogen) atoms. The molecule has 0 spiro atoms. The Hall–Kier alpha value is -3.44. The summed E-state index contributed by atoms with van der Waals surface area (Å²) in [5, 5.41) is 3.62. The van der Waals surface area contributed by atoms with Gasteiger partial charge in [0, 0.05) is 0 Å². The minimum Gasteiger partial charge on any atom is -0.469 e. The molecule has 4 rings (SSSR count). The molecule has 0 saturated heterocycles. The number of ether oxygens (including phenoxy) is 2. The van der Waals surface area contributed by atoms with Crippen LogP contribution >= 0.6 is 0 Å². The topological polar surface area (TPSA) is 64.6 Å². The maximum Gasteiger partial charge on any atom is 0.324 e. The number of fused-ring (bicyclic) bond motifs is 3. The lowest BCUT2D eigenvalue weighted by Gasteiger charge is -2.39. The second-order valence-electron chi connectivity index (χ2n) is 9.67. The molecule has 0 aliphatic heterocycles. The zero-order chi connectivity index (χ0) is 24.5. The van der Waals surface area contributed by atoms with E-state index in [2.05, 4.69) is 29.6 Å². The normalized spacial score (nSPS) is 15.6. The van der Waals surface area contributed by atoms with Gasteiger partial charge < -0.3 is 9.47 Å². The van der Waals surface area contributed by atoms with Gasteiger partial charge in [-0.25, -0.2) is 0 Å². The maximum absolute atomic E-state index is 13.5. The molecule has 0 bridgehead atoms. The number of nitrogens with one attached hydrogen (secondary N) is 1. The largest absolute Gasteiger partial charge is 0.469 e. The van der Waals surface area contributed by atoms with Gasteiger partial charge in [0.15, 0.2) is 0 Å². The first-order valence-electron chi connectivity index (χ1n) is 11.5. The van der Waals surface area contributed by atoms with E-state index in [4.69, 9.17) is 9.47 Å². The maximum atomic E-state index is 13.5. The van der Waals surface area contributed by atoms with E-state index in [0.29, 0.717) is 0 Å². The van der Waals surface area contributed by atoms with E-state index in [1.54, 1.807) is 6.92 Å². The monoisotopic (exact) mass is 457 g/mol. The second kappa shape index (κ2) is 9.07. The van der Waals surface area contributed by atoms with Gasteiger partial charge in [-0.05, 0) is 55.5 Å². The van der Waals surface area contributed by atoms with E-state index in [-0.39, 0.29) is 0 Å². The second-order valence-corrected chi connectivity index (χ2v) is 9.67. The average molecular weight is 458 g/mol. The van der Waals surface area contributed by atoms with Gasteiger partial charge in [0.2, 0.25) is 0 Å². The summed E-state index contributed by atoms with van der Waals surface area (Å²) < 4.78 is 10.8. The van der Waals surface area contributed by atoms with Crippen molar-refractivity contribution in [2.45, 2.75) is 44.9 Å². The van der Waals surface area contributed by atoms with Crippen LogP contribution in [0, 0.1) is 5.92 Å². The van der Waals surface area contributed by atoms with E-state index in [9.17, 15) is 9.59 Å². The Bertz CT molecular complexity index is 1150. The molecule has 5 heteroatoms. The fraction of sp³-hybridized carbons (Fsp3) is 0.310. The van der Waals surface area contributed by atoms with Crippen LogP contribution in [0.15, 0.2) is 78.9 Å². The predicted molar refractivity (Wildman–Crippen MR) is 132 cm³/mol. The Morgan fingerprint density at radius 2 is 1.29 bits per heavy atom. The van der Waals surface area contributed by atoms with E-state index in [0.717, 1.165) is 27.8 Å². The summed E-state index contributed by atoms with van der Waals surface area (Å²) in [6.45, 7) is 7.15. The summed E-state index contributed by atoms with van der Waals surface area (Å²) in [4.78, 5) is 26.2. The van der Waals surface area contributed by atoms with E-state index >= 15 is 0 Å². The summed E-state index contributed by atoms with van der Waals surface area (Å²) in [5.41, 5.74) is 3.61. The summed E-state index contributed by atoms with van der Waals surface area (Å²) in [6.07, 6.45) is 0. The highest BCUT2D eigenvalue weighted by molar-refractivity contribution is 5.87. The molecule has 1 N–H and O–H groups in total. The SMILES string of the molecule is COC(=O)[C@H](C)[C@H](NC1(c2ccccc2)c2ccccc2-c2ccccc21)C(=O)OC(C)(C)C. The van der Waals surface area contributed by atoms with Gasteiger partial charge in [-0.1, -0.05) is 78.9 Å². The van der Waals surface area contributed by atoms with Crippen LogP contribution in [0.3, 0.4) is 0 Å². The molecule has 3 aromatic rings. The molecular weight excluding hydrogens is 426 g/mol. The van der Waals surface area contributed by atoms with Gasteiger partial charge in [0.05, 0.1) is 18.6 Å². The van der Waals surface area contributed by atoms with Crippen LogP contribution in [0.1, 0.15) is 44.4 Å². The van der Waals surface area contributed by atoms with Crippen molar-refractivity contribution in [2.75, 3.05) is 7.11 Å². The molecule has 0 unspecified atom stereocenters. The highest BCUT2D eigenvalue weighted by atomic mass is 16.6. The van der Waals surface area contributed by atoms with Gasteiger partial charge in [-0.2, -0.15) is 0 Å². The molecule has 5 nitrogen and oxygen atoms in total. The zero-order valence-electron chi connectivity index (χ0n) is 20.3. The molecule has 0 heterocycles. The molecular formula is C29H31NO4. The lowest BCUT2D eigenvalue weighted by atomic mass is 9.79. The molecule has 2 atom stereocenters. The third-order valence-corrected chi connectivity index (χ3v) is 6.26. The zero-order valence-corrected chi connectivity index (χ0v) is 20.3. The van der Waals surface area contributed by atoms with E-state index in [1.165, 1.54) is 7.11 Å². The molecule has 1 aliphatic carbocycles. The average Bonchev–Trinajstić information content (AvgIpc) is 3.12. The van der Waals surface area contributed by atoms with E-state index in [1.807, 2.05) is 75.4 Å². The molecule has 0 saturated carbocycles. The van der Waals surface area contributed by atoms with Crippen LogP contribution in [0.25, 0.3) is 11.1 Å². The number of hydrogen-bond acceptors (Lipinski definition) is 5. The summed E-state index contributed by atoms with van der Waals surface area (Å²) in [5.74, 6) is -1.76. The highest BCUT2D eigenvalue weighted by Gasteiger charge is 2.49. The van der Waals surface area contributed by atoms with Crippen molar-refractivity contribution in [3.05, 3.63) is 95.6 Å². The first kappa shape index (κ1) is 23.7. The number of rotatable bonds is 6. The predicted octanol–water partition coefficient (Wildman–Crippen LogP) is 5.07. The lowest BCUT2D eigenvalue weighted by Crippen LogP contribution is -2.56. The molecule has 176 valence electrons. The number of benzene rings is 3. The van der Waals surface area contributed by atoms with Gasteiger partial charge in [-0.3, -0.25) is 14.9 Å². The first-order chi connectivity index (χ1) is 16.2. The molecule has 0 amide bonds. The Morgan fingerprint density at radius 3 is 1.79 bits per heavy atom. The van der Waals surface area contributed by atoms with Gasteiger partial charge in [0.1, 0.15) is 11.6 Å². The Labute approximate surface area is 201 Å². The Morgan fingerprint density at radius 1 is 0.794 bits per heavy atom. The number of carbonyl (C=O) groups excluding carboxylic acids is 2. The summed E-state index contributed by atoms with van der Waals surface area (Å²) >= 11 is 0. The summed E-state index contributed by atoms with van der Waals surface area (Å²) in [7, 11) is 1.33. The molecule has 1 aliphatic rings. The van der Waals surface area contributed by atoms with Crippen LogP contribution in [0.4, 0.5) is 0 Å². The van der Waals surface area contributed by atoms with Gasteiger partial charge in [0.25, 0.3) is 0 Å². The summed E-state index contributed by atoms with van der Waals surface area (Å²) in [6, 6.07) is 25.4. The van der Waals surface area contributed by atoms with Crippen molar-refractivity contribution < 1.29 is 19.1 Å². The Balaban J connectivity index is 1.95. The minimum atomic E-state index is -0.953. The third kappa shape index (κ3) is 4.12. The molecule has 0 aromatic heterocycles. The third-order valence-electron chi connectivity index (χ3n) is 6.26. The number of esters is 2.